The molecular formula is C23H28ClF2N3O4Si. The largest absolute Gasteiger partial charge is 0.487 e. The van der Waals surface area contributed by atoms with Crippen molar-refractivity contribution in [2.24, 2.45) is 0 Å². The standard InChI is InChI=1S/C23H28ClF2N3O4Si/c1-34(2,3)10-9-31-13-29-16-12-27-28-22(30)19(16)20(24)21(29)14-7-8-17(33-23(25)26)18(11-14)32-15-5-4-6-15/h7-8,11-12,15,23H,4-6,9-10,13H2,1-3H3,(H,28,30). The third kappa shape index (κ3) is 5.45. The number of aromatic amines is 1. The fraction of sp³-hybridized carbons (Fsp3) is 0.478. The van der Waals surface area contributed by atoms with E-state index in [0.717, 1.165) is 25.3 Å². The second kappa shape index (κ2) is 10.0. The molecule has 1 aliphatic carbocycles. The van der Waals surface area contributed by atoms with Crippen molar-refractivity contribution in [2.75, 3.05) is 6.61 Å². The Morgan fingerprint density at radius 2 is 2.03 bits per heavy atom. The van der Waals surface area contributed by atoms with Gasteiger partial charge in [0.1, 0.15) is 6.73 Å². The van der Waals surface area contributed by atoms with Crippen molar-refractivity contribution in [2.45, 2.75) is 64.4 Å². The number of fused-ring (bicyclic) bond motifs is 1. The zero-order chi connectivity index (χ0) is 24.5. The SMILES string of the molecule is C[Si](C)(C)CCOCn1c(-c2ccc(OC(F)F)c(OC3CCC3)c2)c(Cl)c2c(=O)[nH]ncc21. The Morgan fingerprint density at radius 3 is 2.68 bits per heavy atom. The van der Waals surface area contributed by atoms with Crippen LogP contribution in [0.15, 0.2) is 29.2 Å². The number of halogens is 3. The zero-order valence-corrected chi connectivity index (χ0v) is 21.1. The van der Waals surface area contributed by atoms with Gasteiger partial charge in [0.2, 0.25) is 0 Å². The molecule has 2 heterocycles. The van der Waals surface area contributed by atoms with Crippen LogP contribution in [0.4, 0.5) is 8.78 Å². The van der Waals surface area contributed by atoms with Crippen molar-refractivity contribution in [1.82, 2.24) is 14.8 Å². The van der Waals surface area contributed by atoms with Crippen molar-refractivity contribution in [3.63, 3.8) is 0 Å². The maximum atomic E-state index is 13.0. The predicted octanol–water partition coefficient (Wildman–Crippen LogP) is 5.89. The first kappa shape index (κ1) is 24.7. The van der Waals surface area contributed by atoms with Crippen LogP contribution in [0.25, 0.3) is 22.2 Å². The van der Waals surface area contributed by atoms with Gasteiger partial charge in [-0.25, -0.2) is 5.10 Å². The molecule has 0 spiro atoms. The van der Waals surface area contributed by atoms with Gasteiger partial charge in [0, 0.05) is 20.2 Å². The Morgan fingerprint density at radius 1 is 1.26 bits per heavy atom. The van der Waals surface area contributed by atoms with E-state index in [4.69, 9.17) is 21.1 Å². The summed E-state index contributed by atoms with van der Waals surface area (Å²) in [6.07, 6.45) is 4.21. The molecule has 1 N–H and O–H groups in total. The van der Waals surface area contributed by atoms with Crippen LogP contribution in [0, 0.1) is 0 Å². The van der Waals surface area contributed by atoms with Gasteiger partial charge in [0.05, 0.1) is 33.9 Å². The minimum Gasteiger partial charge on any atom is -0.487 e. The number of hydrogen-bond acceptors (Lipinski definition) is 5. The van der Waals surface area contributed by atoms with Crippen molar-refractivity contribution in [3.05, 3.63) is 39.8 Å². The van der Waals surface area contributed by atoms with Gasteiger partial charge in [-0.05, 0) is 43.5 Å². The summed E-state index contributed by atoms with van der Waals surface area (Å²) in [7, 11) is -1.29. The number of nitrogens with zero attached hydrogens (tertiary/aromatic N) is 2. The highest BCUT2D eigenvalue weighted by Gasteiger charge is 2.25. The number of H-pyrrole nitrogens is 1. The van der Waals surface area contributed by atoms with Gasteiger partial charge < -0.3 is 18.8 Å². The third-order valence-corrected chi connectivity index (χ3v) is 7.89. The Balaban J connectivity index is 1.76. The molecule has 1 saturated carbocycles. The summed E-state index contributed by atoms with van der Waals surface area (Å²) in [5, 5.41) is 6.84. The van der Waals surface area contributed by atoms with E-state index in [1.54, 1.807) is 16.7 Å². The fourth-order valence-electron chi connectivity index (χ4n) is 3.72. The Bertz CT molecular complexity index is 1220. The quantitative estimate of drug-likeness (QED) is 0.271. The molecule has 1 fully saturated rings. The summed E-state index contributed by atoms with van der Waals surface area (Å²) in [5.41, 5.74) is 1.20. The van der Waals surface area contributed by atoms with E-state index >= 15 is 0 Å². The maximum absolute atomic E-state index is 13.0. The van der Waals surface area contributed by atoms with Gasteiger partial charge in [-0.2, -0.15) is 13.9 Å². The van der Waals surface area contributed by atoms with Crippen LogP contribution in [0.5, 0.6) is 11.5 Å². The van der Waals surface area contributed by atoms with Crippen LogP contribution in [-0.2, 0) is 11.5 Å². The molecule has 184 valence electrons. The van der Waals surface area contributed by atoms with Crippen LogP contribution in [0.3, 0.4) is 0 Å². The first-order valence-corrected chi connectivity index (χ1v) is 15.3. The highest BCUT2D eigenvalue weighted by molar-refractivity contribution is 6.76. The zero-order valence-electron chi connectivity index (χ0n) is 19.4. The minimum atomic E-state index is -2.98. The molecular weight excluding hydrogens is 484 g/mol. The fourth-order valence-corrected chi connectivity index (χ4v) is 4.87. The average molecular weight is 512 g/mol. The van der Waals surface area contributed by atoms with Gasteiger partial charge in [0.15, 0.2) is 11.5 Å². The van der Waals surface area contributed by atoms with E-state index < -0.39 is 20.2 Å². The van der Waals surface area contributed by atoms with E-state index in [0.29, 0.717) is 23.4 Å². The van der Waals surface area contributed by atoms with Crippen molar-refractivity contribution < 1.29 is 23.0 Å². The van der Waals surface area contributed by atoms with Crippen molar-refractivity contribution in [1.29, 1.82) is 0 Å². The van der Waals surface area contributed by atoms with Gasteiger partial charge in [0.25, 0.3) is 5.56 Å². The Kier molecular flexibility index (Phi) is 7.30. The molecule has 0 amide bonds. The summed E-state index contributed by atoms with van der Waals surface area (Å²) in [6, 6.07) is 5.65. The molecule has 3 aromatic rings. The molecule has 2 aromatic heterocycles. The molecule has 0 bridgehead atoms. The minimum absolute atomic E-state index is 0.0460. The van der Waals surface area contributed by atoms with Crippen molar-refractivity contribution >= 4 is 30.6 Å². The number of benzene rings is 1. The lowest BCUT2D eigenvalue weighted by Gasteiger charge is -2.27. The van der Waals surface area contributed by atoms with E-state index in [9.17, 15) is 13.6 Å². The molecule has 4 rings (SSSR count). The summed E-state index contributed by atoms with van der Waals surface area (Å²) in [5.74, 6) is 0.164. The van der Waals surface area contributed by atoms with Crippen LogP contribution in [0.1, 0.15) is 19.3 Å². The smallest absolute Gasteiger partial charge is 0.387 e. The lowest BCUT2D eigenvalue weighted by atomic mass is 9.96. The molecule has 1 aliphatic rings. The van der Waals surface area contributed by atoms with E-state index in [1.165, 1.54) is 12.3 Å². The van der Waals surface area contributed by atoms with Gasteiger partial charge in [-0.3, -0.25) is 4.79 Å². The van der Waals surface area contributed by atoms with Crippen LogP contribution in [-0.4, -0.2) is 42.2 Å². The lowest BCUT2D eigenvalue weighted by Crippen LogP contribution is -2.25. The number of aromatic nitrogens is 3. The Hall–Kier alpha value is -2.43. The molecule has 7 nitrogen and oxygen atoms in total. The first-order valence-electron chi connectivity index (χ1n) is 11.2. The van der Waals surface area contributed by atoms with Crippen molar-refractivity contribution in [3.8, 4) is 22.8 Å². The number of hydrogen-bond donors (Lipinski definition) is 1. The molecule has 0 aliphatic heterocycles. The van der Waals surface area contributed by atoms with Crippen LogP contribution >= 0.6 is 11.6 Å². The topological polar surface area (TPSA) is 78.4 Å². The summed E-state index contributed by atoms with van der Waals surface area (Å²) in [4.78, 5) is 12.5. The monoisotopic (exact) mass is 511 g/mol. The summed E-state index contributed by atoms with van der Waals surface area (Å²) >= 11 is 6.70. The molecule has 0 saturated heterocycles. The lowest BCUT2D eigenvalue weighted by molar-refractivity contribution is -0.0526. The highest BCUT2D eigenvalue weighted by atomic mass is 35.5. The van der Waals surface area contributed by atoms with E-state index in [2.05, 4.69) is 34.6 Å². The van der Waals surface area contributed by atoms with Gasteiger partial charge in [-0.1, -0.05) is 31.2 Å². The molecule has 34 heavy (non-hydrogen) atoms. The molecule has 0 atom stereocenters. The molecule has 1 aromatic carbocycles. The van der Waals surface area contributed by atoms with E-state index in [1.807, 2.05) is 0 Å². The van der Waals surface area contributed by atoms with Crippen LogP contribution in [0.2, 0.25) is 30.7 Å². The highest BCUT2D eigenvalue weighted by Crippen LogP contribution is 2.41. The molecule has 11 heteroatoms. The molecule has 0 radical (unpaired) electrons. The van der Waals surface area contributed by atoms with Gasteiger partial charge >= 0.3 is 6.61 Å². The normalized spacial score (nSPS) is 14.6. The number of rotatable bonds is 10. The summed E-state index contributed by atoms with van der Waals surface area (Å²) < 4.78 is 44.3. The summed E-state index contributed by atoms with van der Waals surface area (Å²) in [6.45, 7) is 4.54. The number of nitrogens with one attached hydrogen (secondary N) is 1. The average Bonchev–Trinajstić information content (AvgIpc) is 3.01. The van der Waals surface area contributed by atoms with E-state index in [-0.39, 0.29) is 34.7 Å². The Labute approximate surface area is 202 Å². The maximum Gasteiger partial charge on any atom is 0.387 e. The third-order valence-electron chi connectivity index (χ3n) is 5.82. The second-order valence-corrected chi connectivity index (χ2v) is 15.6. The van der Waals surface area contributed by atoms with Crippen LogP contribution < -0.4 is 15.0 Å². The number of alkyl halides is 2. The second-order valence-electron chi connectivity index (χ2n) is 9.61. The predicted molar refractivity (Wildman–Crippen MR) is 130 cm³/mol. The first-order chi connectivity index (χ1) is 16.1. The number of ether oxygens (including phenoxy) is 3. The molecule has 0 unspecified atom stereocenters. The van der Waals surface area contributed by atoms with Gasteiger partial charge in [-0.15, -0.1) is 0 Å².